The van der Waals surface area contributed by atoms with Crippen LogP contribution >= 0.6 is 11.3 Å². The number of nitrogens with zero attached hydrogens (tertiary/aromatic N) is 1. The first-order valence-electron chi connectivity index (χ1n) is 9.78. The van der Waals surface area contributed by atoms with Gasteiger partial charge in [0, 0.05) is 42.9 Å². The number of hydrogen-bond acceptors (Lipinski definition) is 5. The molecule has 2 aliphatic rings. The molecule has 2 aliphatic heterocycles. The van der Waals surface area contributed by atoms with Crippen molar-refractivity contribution in [3.8, 4) is 0 Å². The molecule has 1 atom stereocenters. The molecule has 3 heterocycles. The third-order valence-corrected chi connectivity index (χ3v) is 6.31. The lowest BCUT2D eigenvalue weighted by atomic mass is 9.91. The number of benzene rings is 1. The van der Waals surface area contributed by atoms with E-state index in [0.29, 0.717) is 52.2 Å². The van der Waals surface area contributed by atoms with Gasteiger partial charge in [-0.2, -0.15) is 0 Å². The Bertz CT molecular complexity index is 1060. The molecule has 0 bridgehead atoms. The van der Waals surface area contributed by atoms with Gasteiger partial charge in [0.1, 0.15) is 11.6 Å². The van der Waals surface area contributed by atoms with Gasteiger partial charge in [-0.25, -0.2) is 4.39 Å². The molecule has 156 valence electrons. The molecule has 0 radical (unpaired) electrons. The molecule has 1 saturated heterocycles. The quantitative estimate of drug-likeness (QED) is 0.699. The Hall–Kier alpha value is -2.74. The smallest absolute Gasteiger partial charge is 0.262 e. The molecule has 4 rings (SSSR count). The summed E-state index contributed by atoms with van der Waals surface area (Å²) in [5, 5.41) is 25.0. The normalized spacial score (nSPS) is 23.9. The second kappa shape index (κ2) is 8.55. The van der Waals surface area contributed by atoms with Gasteiger partial charge >= 0.3 is 0 Å². The molecule has 1 amide bonds. The summed E-state index contributed by atoms with van der Waals surface area (Å²) in [4.78, 5) is 14.9. The van der Waals surface area contributed by atoms with Gasteiger partial charge < -0.3 is 15.5 Å². The Morgan fingerprint density at radius 1 is 1.33 bits per heavy atom. The fourth-order valence-corrected chi connectivity index (χ4v) is 4.69. The van der Waals surface area contributed by atoms with Crippen LogP contribution in [0.4, 0.5) is 4.39 Å². The van der Waals surface area contributed by atoms with E-state index in [-0.39, 0.29) is 30.1 Å². The first-order valence-corrected chi connectivity index (χ1v) is 10.7. The van der Waals surface area contributed by atoms with Crippen molar-refractivity contribution in [2.24, 2.45) is 0 Å². The number of carbonyl (C=O) groups excluding carboxylic acids is 1. The lowest BCUT2D eigenvalue weighted by Gasteiger charge is -2.18. The van der Waals surface area contributed by atoms with E-state index in [2.05, 4.69) is 11.9 Å². The minimum Gasteiger partial charge on any atom is -0.507 e. The number of amides is 1. The zero-order valence-corrected chi connectivity index (χ0v) is 17.2. The average Bonchev–Trinajstić information content (AvgIpc) is 3.36. The lowest BCUT2D eigenvalue weighted by Crippen LogP contribution is -2.23. The van der Waals surface area contributed by atoms with Gasteiger partial charge in [0.05, 0.1) is 11.0 Å². The van der Waals surface area contributed by atoms with Crippen molar-refractivity contribution in [2.45, 2.75) is 19.1 Å². The standard InChI is InChI=1S/C23H23FN2O3S/c1-14-18-7-10-30-22(18)23(29)25-8-2-3-20(28)21(14)15-4-5-16(19(24)11-15)12-26-9-6-17(27)13-26/h2-5,7,10-11,17,27-28H,1,6,8-9,12-13H2,(H,25,29)/b3-2-,21-20-. The van der Waals surface area contributed by atoms with Crippen molar-refractivity contribution in [1.29, 1.82) is 0 Å². The summed E-state index contributed by atoms with van der Waals surface area (Å²) >= 11 is 1.30. The second-order valence-electron chi connectivity index (χ2n) is 7.50. The van der Waals surface area contributed by atoms with E-state index in [1.54, 1.807) is 29.7 Å². The minimum atomic E-state index is -0.383. The lowest BCUT2D eigenvalue weighted by molar-refractivity contribution is 0.0961. The number of halogens is 1. The number of thiophene rings is 1. The van der Waals surface area contributed by atoms with E-state index in [9.17, 15) is 19.4 Å². The highest BCUT2D eigenvalue weighted by Crippen LogP contribution is 2.37. The highest BCUT2D eigenvalue weighted by atomic mass is 32.1. The number of fused-ring (bicyclic) bond motifs is 1. The number of nitrogens with one attached hydrogen (secondary N) is 1. The third-order valence-electron chi connectivity index (χ3n) is 5.39. The van der Waals surface area contributed by atoms with Gasteiger partial charge in [0.2, 0.25) is 0 Å². The van der Waals surface area contributed by atoms with Crippen molar-refractivity contribution in [3.63, 3.8) is 0 Å². The SMILES string of the molecule is C=C1/C(c2ccc(CN3CCC(O)C3)c(F)c2)=C(O)\C=C/CNC(=O)c2sccc21. The maximum absolute atomic E-state index is 14.9. The monoisotopic (exact) mass is 426 g/mol. The molecule has 7 heteroatoms. The van der Waals surface area contributed by atoms with E-state index in [1.807, 2.05) is 4.90 Å². The molecule has 5 nitrogen and oxygen atoms in total. The summed E-state index contributed by atoms with van der Waals surface area (Å²) in [7, 11) is 0. The van der Waals surface area contributed by atoms with Crippen molar-refractivity contribution in [3.05, 3.63) is 81.5 Å². The van der Waals surface area contributed by atoms with Crippen LogP contribution in [0.3, 0.4) is 0 Å². The molecule has 1 fully saturated rings. The van der Waals surface area contributed by atoms with Gasteiger partial charge in [-0.05, 0) is 41.1 Å². The molecular weight excluding hydrogens is 403 g/mol. The van der Waals surface area contributed by atoms with Gasteiger partial charge in [0.15, 0.2) is 0 Å². The Morgan fingerprint density at radius 3 is 2.90 bits per heavy atom. The zero-order valence-electron chi connectivity index (χ0n) is 16.4. The first kappa shape index (κ1) is 20.5. The summed E-state index contributed by atoms with van der Waals surface area (Å²) in [6, 6.07) is 6.63. The molecule has 0 spiro atoms. The van der Waals surface area contributed by atoms with E-state index in [1.165, 1.54) is 23.5 Å². The summed E-state index contributed by atoms with van der Waals surface area (Å²) in [5.74, 6) is -0.629. The second-order valence-corrected chi connectivity index (χ2v) is 8.41. The topological polar surface area (TPSA) is 72.8 Å². The summed E-state index contributed by atoms with van der Waals surface area (Å²) in [5.41, 5.74) is 2.49. The van der Waals surface area contributed by atoms with Crippen LogP contribution in [0.15, 0.2) is 54.1 Å². The maximum Gasteiger partial charge on any atom is 0.262 e. The molecular formula is C23H23FN2O3S. The largest absolute Gasteiger partial charge is 0.507 e. The van der Waals surface area contributed by atoms with Gasteiger partial charge in [-0.3, -0.25) is 9.69 Å². The molecule has 1 unspecified atom stereocenters. The number of aliphatic hydroxyl groups is 2. The zero-order chi connectivity index (χ0) is 21.3. The molecule has 0 aliphatic carbocycles. The van der Waals surface area contributed by atoms with Crippen LogP contribution in [0, 0.1) is 5.82 Å². The van der Waals surface area contributed by atoms with Crippen LogP contribution < -0.4 is 5.32 Å². The number of carbonyl (C=O) groups is 1. The van der Waals surface area contributed by atoms with Gasteiger partial charge in [-0.1, -0.05) is 24.8 Å². The number of aliphatic hydroxyl groups excluding tert-OH is 2. The van der Waals surface area contributed by atoms with Crippen LogP contribution in [-0.2, 0) is 6.54 Å². The highest BCUT2D eigenvalue weighted by molar-refractivity contribution is 7.12. The number of rotatable bonds is 3. The predicted octanol–water partition coefficient (Wildman–Crippen LogP) is 3.74. The third kappa shape index (κ3) is 4.09. The molecule has 1 aromatic carbocycles. The van der Waals surface area contributed by atoms with E-state index >= 15 is 0 Å². The Labute approximate surface area is 178 Å². The van der Waals surface area contributed by atoms with Crippen LogP contribution in [0.1, 0.15) is 32.8 Å². The maximum atomic E-state index is 14.9. The van der Waals surface area contributed by atoms with Crippen molar-refractivity contribution in [2.75, 3.05) is 19.6 Å². The first-order chi connectivity index (χ1) is 14.4. The van der Waals surface area contributed by atoms with Crippen LogP contribution in [0.25, 0.3) is 11.1 Å². The highest BCUT2D eigenvalue weighted by Gasteiger charge is 2.23. The van der Waals surface area contributed by atoms with Crippen molar-refractivity contribution in [1.82, 2.24) is 10.2 Å². The summed E-state index contributed by atoms with van der Waals surface area (Å²) in [6.45, 7) is 6.07. The predicted molar refractivity (Wildman–Crippen MR) is 117 cm³/mol. The fraction of sp³-hybridized carbons (Fsp3) is 0.261. The Morgan fingerprint density at radius 2 is 2.17 bits per heavy atom. The molecule has 2 aromatic rings. The molecule has 0 saturated carbocycles. The van der Waals surface area contributed by atoms with E-state index in [0.717, 1.165) is 6.54 Å². The summed E-state index contributed by atoms with van der Waals surface area (Å²) < 4.78 is 14.9. The number of β-amino-alcohol motifs (C(OH)–C–C–N with tert-alkyl or cyclic N) is 1. The Kier molecular flexibility index (Phi) is 5.85. The molecule has 30 heavy (non-hydrogen) atoms. The Balaban J connectivity index is 1.71. The number of allylic oxidation sites excluding steroid dienone is 3. The summed E-state index contributed by atoms with van der Waals surface area (Å²) in [6.07, 6.45) is 3.48. The van der Waals surface area contributed by atoms with E-state index < -0.39 is 0 Å². The van der Waals surface area contributed by atoms with E-state index in [4.69, 9.17) is 0 Å². The van der Waals surface area contributed by atoms with Gasteiger partial charge in [0.25, 0.3) is 5.91 Å². The van der Waals surface area contributed by atoms with Crippen LogP contribution in [-0.4, -0.2) is 46.8 Å². The van der Waals surface area contributed by atoms with Gasteiger partial charge in [-0.15, -0.1) is 11.3 Å². The average molecular weight is 427 g/mol. The molecule has 3 N–H and O–H groups in total. The van der Waals surface area contributed by atoms with Crippen LogP contribution in [0.2, 0.25) is 0 Å². The fourth-order valence-electron chi connectivity index (χ4n) is 3.85. The van der Waals surface area contributed by atoms with Crippen LogP contribution in [0.5, 0.6) is 0 Å². The minimum absolute atomic E-state index is 0.0388. The van der Waals surface area contributed by atoms with Crippen molar-refractivity contribution < 1.29 is 19.4 Å². The van der Waals surface area contributed by atoms with Crippen molar-refractivity contribution >= 4 is 28.4 Å². The number of likely N-dealkylation sites (tertiary alicyclic amines) is 1. The number of hydrogen-bond donors (Lipinski definition) is 3. The molecule has 1 aromatic heterocycles.